The van der Waals surface area contributed by atoms with Gasteiger partial charge in [0, 0.05) is 21.7 Å². The lowest BCUT2D eigenvalue weighted by Crippen LogP contribution is -2.16. The average Bonchev–Trinajstić information content (AvgIpc) is 3.05. The molecule has 0 atom stereocenters. The van der Waals surface area contributed by atoms with Crippen molar-refractivity contribution in [1.29, 1.82) is 0 Å². The van der Waals surface area contributed by atoms with Crippen molar-refractivity contribution in [3.63, 3.8) is 0 Å². The van der Waals surface area contributed by atoms with E-state index >= 15 is 0 Å². The van der Waals surface area contributed by atoms with E-state index in [2.05, 4.69) is 15.6 Å². The zero-order valence-electron chi connectivity index (χ0n) is 14.9. The Hall–Kier alpha value is -2.70. The molecule has 0 aliphatic carbocycles. The van der Waals surface area contributed by atoms with Crippen LogP contribution in [0, 0.1) is 13.8 Å². The molecule has 3 aromatic rings. The van der Waals surface area contributed by atoms with Crippen LogP contribution in [-0.2, 0) is 11.2 Å². The lowest BCUT2D eigenvalue weighted by Gasteiger charge is -2.10. The van der Waals surface area contributed by atoms with E-state index in [-0.39, 0.29) is 18.2 Å². The summed E-state index contributed by atoms with van der Waals surface area (Å²) in [5.41, 5.74) is 3.95. The maximum absolute atomic E-state index is 12.3. The molecule has 0 radical (unpaired) electrons. The highest BCUT2D eigenvalue weighted by atomic mass is 35.5. The van der Waals surface area contributed by atoms with Gasteiger partial charge in [-0.1, -0.05) is 29.8 Å². The summed E-state index contributed by atoms with van der Waals surface area (Å²) >= 11 is 7.11. The smallest absolute Gasteiger partial charge is 0.257 e. The molecule has 1 heterocycles. The van der Waals surface area contributed by atoms with Gasteiger partial charge in [0.2, 0.25) is 5.91 Å². The number of nitrogens with zero attached hydrogens (tertiary/aromatic N) is 1. The first-order valence-corrected chi connectivity index (χ1v) is 9.55. The number of aromatic nitrogens is 1. The Bertz CT molecular complexity index is 963. The van der Waals surface area contributed by atoms with Crippen LogP contribution in [0.1, 0.15) is 27.2 Å². The number of anilines is 2. The zero-order chi connectivity index (χ0) is 19.4. The highest BCUT2D eigenvalue weighted by Gasteiger charge is 2.13. The van der Waals surface area contributed by atoms with E-state index in [1.165, 1.54) is 11.3 Å². The van der Waals surface area contributed by atoms with Gasteiger partial charge in [-0.2, -0.15) is 0 Å². The third-order valence-electron chi connectivity index (χ3n) is 3.97. The molecule has 7 heteroatoms. The molecule has 2 amide bonds. The van der Waals surface area contributed by atoms with Crippen molar-refractivity contribution in [3.05, 3.63) is 75.3 Å². The van der Waals surface area contributed by atoms with Gasteiger partial charge in [-0.05, 0) is 49.2 Å². The Labute approximate surface area is 166 Å². The first-order valence-electron chi connectivity index (χ1n) is 8.30. The molecule has 0 saturated heterocycles. The van der Waals surface area contributed by atoms with Crippen molar-refractivity contribution in [1.82, 2.24) is 4.98 Å². The van der Waals surface area contributed by atoms with Gasteiger partial charge in [-0.3, -0.25) is 14.9 Å². The second-order valence-electron chi connectivity index (χ2n) is 6.10. The molecule has 0 aliphatic rings. The number of hydrogen-bond donors (Lipinski definition) is 2. The second kappa shape index (κ2) is 8.33. The fourth-order valence-electron chi connectivity index (χ4n) is 2.58. The van der Waals surface area contributed by atoms with Crippen LogP contribution in [0.3, 0.4) is 0 Å². The first kappa shape index (κ1) is 19.1. The molecule has 138 valence electrons. The molecular formula is C20H18ClN3O2S. The van der Waals surface area contributed by atoms with Crippen LogP contribution in [0.5, 0.6) is 0 Å². The van der Waals surface area contributed by atoms with E-state index in [9.17, 15) is 9.59 Å². The van der Waals surface area contributed by atoms with Crippen LogP contribution in [0.25, 0.3) is 0 Å². The monoisotopic (exact) mass is 399 g/mol. The maximum Gasteiger partial charge on any atom is 0.257 e. The van der Waals surface area contributed by atoms with E-state index in [0.29, 0.717) is 21.4 Å². The van der Waals surface area contributed by atoms with Crippen molar-refractivity contribution >= 4 is 45.6 Å². The Morgan fingerprint density at radius 2 is 1.70 bits per heavy atom. The van der Waals surface area contributed by atoms with Crippen LogP contribution >= 0.6 is 22.9 Å². The van der Waals surface area contributed by atoms with Gasteiger partial charge in [-0.15, -0.1) is 11.3 Å². The van der Waals surface area contributed by atoms with Crippen molar-refractivity contribution in [2.24, 2.45) is 0 Å². The quantitative estimate of drug-likeness (QED) is 0.644. The Kier molecular flexibility index (Phi) is 5.88. The average molecular weight is 400 g/mol. The number of halogens is 1. The van der Waals surface area contributed by atoms with Gasteiger partial charge in [0.05, 0.1) is 12.1 Å². The number of aryl methyl sites for hydroxylation is 2. The maximum atomic E-state index is 12.3. The summed E-state index contributed by atoms with van der Waals surface area (Å²) in [5.74, 6) is -0.416. The summed E-state index contributed by atoms with van der Waals surface area (Å²) in [6.45, 7) is 3.91. The molecule has 5 nitrogen and oxygen atoms in total. The summed E-state index contributed by atoms with van der Waals surface area (Å²) in [5, 5.41) is 8.45. The third kappa shape index (κ3) is 4.93. The van der Waals surface area contributed by atoms with E-state index in [4.69, 9.17) is 11.6 Å². The summed E-state index contributed by atoms with van der Waals surface area (Å²) in [6.07, 6.45) is 0.140. The fourth-order valence-corrected chi connectivity index (χ4v) is 3.41. The number of hydrogen-bond acceptors (Lipinski definition) is 4. The number of benzene rings is 2. The number of carbonyl (C=O) groups excluding carboxylic acids is 2. The van der Waals surface area contributed by atoms with E-state index < -0.39 is 0 Å². The molecule has 27 heavy (non-hydrogen) atoms. The van der Waals surface area contributed by atoms with Crippen molar-refractivity contribution in [2.75, 3.05) is 10.6 Å². The van der Waals surface area contributed by atoms with Crippen LogP contribution in [0.4, 0.5) is 10.8 Å². The zero-order valence-corrected chi connectivity index (χ0v) is 16.4. The lowest BCUT2D eigenvalue weighted by atomic mass is 10.1. The number of amides is 2. The largest absolute Gasteiger partial charge is 0.325 e. The summed E-state index contributed by atoms with van der Waals surface area (Å²) in [7, 11) is 0. The number of nitrogens with one attached hydrogen (secondary N) is 2. The molecule has 0 saturated carbocycles. The van der Waals surface area contributed by atoms with Gasteiger partial charge in [0.1, 0.15) is 0 Å². The minimum atomic E-state index is -0.271. The topological polar surface area (TPSA) is 71.1 Å². The minimum Gasteiger partial charge on any atom is -0.325 e. The van der Waals surface area contributed by atoms with Crippen molar-refractivity contribution in [2.45, 2.75) is 20.3 Å². The molecular weight excluding hydrogens is 382 g/mol. The highest BCUT2D eigenvalue weighted by molar-refractivity contribution is 7.14. The summed E-state index contributed by atoms with van der Waals surface area (Å²) in [4.78, 5) is 28.9. The summed E-state index contributed by atoms with van der Waals surface area (Å²) < 4.78 is 0. The van der Waals surface area contributed by atoms with Gasteiger partial charge in [0.25, 0.3) is 5.91 Å². The van der Waals surface area contributed by atoms with Crippen molar-refractivity contribution in [3.8, 4) is 0 Å². The Morgan fingerprint density at radius 3 is 2.37 bits per heavy atom. The number of rotatable bonds is 5. The predicted molar refractivity (Wildman–Crippen MR) is 110 cm³/mol. The van der Waals surface area contributed by atoms with Crippen LogP contribution in [-0.4, -0.2) is 16.8 Å². The van der Waals surface area contributed by atoms with E-state index in [0.717, 1.165) is 16.8 Å². The van der Waals surface area contributed by atoms with Gasteiger partial charge >= 0.3 is 0 Å². The second-order valence-corrected chi connectivity index (χ2v) is 7.39. The molecule has 3 rings (SSSR count). The SMILES string of the molecule is Cc1cccc(C)c1NC(=O)Cc1csc(NC(=O)c2ccc(Cl)cc2)n1. The number of para-hydroxylation sites is 1. The van der Waals surface area contributed by atoms with Crippen LogP contribution in [0.2, 0.25) is 5.02 Å². The third-order valence-corrected chi connectivity index (χ3v) is 5.02. The molecule has 0 bridgehead atoms. The van der Waals surface area contributed by atoms with Gasteiger partial charge < -0.3 is 5.32 Å². The van der Waals surface area contributed by atoms with Gasteiger partial charge in [0.15, 0.2) is 5.13 Å². The van der Waals surface area contributed by atoms with Gasteiger partial charge in [-0.25, -0.2) is 4.98 Å². The van der Waals surface area contributed by atoms with Crippen LogP contribution in [0.15, 0.2) is 47.8 Å². The Morgan fingerprint density at radius 1 is 1.04 bits per heavy atom. The summed E-state index contributed by atoms with van der Waals surface area (Å²) in [6, 6.07) is 12.5. The van der Waals surface area contributed by atoms with E-state index in [1.807, 2.05) is 32.0 Å². The molecule has 0 fully saturated rings. The molecule has 0 spiro atoms. The molecule has 0 aliphatic heterocycles. The molecule has 2 N–H and O–H groups in total. The number of carbonyl (C=O) groups is 2. The molecule has 0 unspecified atom stereocenters. The van der Waals surface area contributed by atoms with Crippen molar-refractivity contribution < 1.29 is 9.59 Å². The normalized spacial score (nSPS) is 10.5. The van der Waals surface area contributed by atoms with Crippen LogP contribution < -0.4 is 10.6 Å². The molecule has 2 aromatic carbocycles. The lowest BCUT2D eigenvalue weighted by molar-refractivity contribution is -0.115. The number of thiazole rings is 1. The first-order chi connectivity index (χ1) is 12.9. The fraction of sp³-hybridized carbons (Fsp3) is 0.150. The Balaban J connectivity index is 1.61. The highest BCUT2D eigenvalue weighted by Crippen LogP contribution is 2.21. The molecule has 1 aromatic heterocycles. The minimum absolute atomic E-state index is 0.140. The predicted octanol–water partition coefficient (Wildman–Crippen LogP) is 4.85. The van der Waals surface area contributed by atoms with E-state index in [1.54, 1.807) is 29.6 Å². The standard InChI is InChI=1S/C20H18ClN3O2S/c1-12-4-3-5-13(2)18(12)23-17(25)10-16-11-27-20(22-16)24-19(26)14-6-8-15(21)9-7-14/h3-9,11H,10H2,1-2H3,(H,23,25)(H,22,24,26).